The van der Waals surface area contributed by atoms with Gasteiger partial charge in [-0.2, -0.15) is 0 Å². The first-order valence-electron chi connectivity index (χ1n) is 7.41. The summed E-state index contributed by atoms with van der Waals surface area (Å²) < 4.78 is 0. The van der Waals surface area contributed by atoms with Crippen molar-refractivity contribution in [2.75, 3.05) is 0 Å². The van der Waals surface area contributed by atoms with E-state index in [1.54, 1.807) is 0 Å². The minimum Gasteiger partial charge on any atom is -0.341 e. The molecule has 22 heavy (non-hydrogen) atoms. The average Bonchev–Trinajstić information content (AvgIpc) is 3.00. The number of nitrogens with zero attached hydrogens (tertiary/aromatic N) is 3. The molecule has 0 aliphatic rings. The standard InChI is InChI=1S/C14H20N6O2/c1-3-5-9(6-4-2)13(21)19-20-14(22)11-10-12(17-7-15-10)18-8-16-11/h7-9H,3-6H2,1-2H3,(H,19,21)(H,20,22)(H,15,16,17,18). The molecule has 8 heteroatoms. The van der Waals surface area contributed by atoms with Crippen LogP contribution in [0.1, 0.15) is 50.0 Å². The summed E-state index contributed by atoms with van der Waals surface area (Å²) >= 11 is 0. The molecule has 0 fully saturated rings. The molecule has 2 amide bonds. The van der Waals surface area contributed by atoms with E-state index in [0.29, 0.717) is 11.2 Å². The van der Waals surface area contributed by atoms with Crippen LogP contribution in [0.5, 0.6) is 0 Å². The normalized spacial score (nSPS) is 10.9. The van der Waals surface area contributed by atoms with Gasteiger partial charge in [0.15, 0.2) is 11.3 Å². The highest BCUT2D eigenvalue weighted by molar-refractivity contribution is 6.02. The van der Waals surface area contributed by atoms with Crippen molar-refractivity contribution in [1.82, 2.24) is 30.8 Å². The zero-order chi connectivity index (χ0) is 15.9. The number of hydrazine groups is 1. The summed E-state index contributed by atoms with van der Waals surface area (Å²) in [4.78, 5) is 38.9. The fraction of sp³-hybridized carbons (Fsp3) is 0.500. The number of nitrogens with one attached hydrogen (secondary N) is 3. The molecule has 0 bridgehead atoms. The molecule has 8 nitrogen and oxygen atoms in total. The van der Waals surface area contributed by atoms with Crippen molar-refractivity contribution in [3.05, 3.63) is 18.3 Å². The highest BCUT2D eigenvalue weighted by Crippen LogP contribution is 2.13. The first-order chi connectivity index (χ1) is 10.7. The number of carbonyl (C=O) groups excluding carboxylic acids is 2. The number of aromatic nitrogens is 4. The summed E-state index contributed by atoms with van der Waals surface area (Å²) in [6.07, 6.45) is 6.14. The molecular weight excluding hydrogens is 284 g/mol. The molecule has 0 radical (unpaired) electrons. The number of rotatable bonds is 6. The summed E-state index contributed by atoms with van der Waals surface area (Å²) in [6, 6.07) is 0. The Hall–Kier alpha value is -2.51. The lowest BCUT2D eigenvalue weighted by molar-refractivity contribution is -0.126. The smallest absolute Gasteiger partial charge is 0.290 e. The van der Waals surface area contributed by atoms with E-state index in [4.69, 9.17) is 0 Å². The second-order valence-electron chi connectivity index (χ2n) is 5.04. The SMILES string of the molecule is CCCC(CCC)C(=O)NNC(=O)c1ncnc2nc[nH]c12. The van der Waals surface area contributed by atoms with Crippen LogP contribution in [0, 0.1) is 5.92 Å². The topological polar surface area (TPSA) is 113 Å². The zero-order valence-electron chi connectivity index (χ0n) is 12.7. The van der Waals surface area contributed by atoms with Gasteiger partial charge in [-0.15, -0.1) is 0 Å². The lowest BCUT2D eigenvalue weighted by Gasteiger charge is -2.15. The van der Waals surface area contributed by atoms with E-state index in [2.05, 4.69) is 30.8 Å². The van der Waals surface area contributed by atoms with Gasteiger partial charge in [-0.1, -0.05) is 26.7 Å². The minimum atomic E-state index is -0.503. The van der Waals surface area contributed by atoms with Crippen LogP contribution in [0.3, 0.4) is 0 Å². The van der Waals surface area contributed by atoms with Crippen LogP contribution in [0.4, 0.5) is 0 Å². The molecule has 3 N–H and O–H groups in total. The van der Waals surface area contributed by atoms with Gasteiger partial charge in [0.05, 0.1) is 6.33 Å². The largest absolute Gasteiger partial charge is 0.341 e. The van der Waals surface area contributed by atoms with Gasteiger partial charge in [0.2, 0.25) is 5.91 Å². The molecular formula is C14H20N6O2. The third kappa shape index (κ3) is 3.57. The van der Waals surface area contributed by atoms with E-state index >= 15 is 0 Å². The molecule has 2 aromatic heterocycles. The molecule has 0 aliphatic carbocycles. The van der Waals surface area contributed by atoms with Crippen LogP contribution in [0.25, 0.3) is 11.2 Å². The van der Waals surface area contributed by atoms with E-state index in [1.807, 2.05) is 13.8 Å². The predicted molar refractivity (Wildman–Crippen MR) is 80.6 cm³/mol. The second kappa shape index (κ2) is 7.48. The molecule has 0 unspecified atom stereocenters. The summed E-state index contributed by atoms with van der Waals surface area (Å²) in [6.45, 7) is 4.06. The summed E-state index contributed by atoms with van der Waals surface area (Å²) in [5.41, 5.74) is 5.86. The number of aromatic amines is 1. The van der Waals surface area contributed by atoms with E-state index in [1.165, 1.54) is 12.7 Å². The Balaban J connectivity index is 2.00. The van der Waals surface area contributed by atoms with E-state index in [-0.39, 0.29) is 17.5 Å². The number of hydrogen-bond donors (Lipinski definition) is 3. The summed E-state index contributed by atoms with van der Waals surface area (Å²) in [7, 11) is 0. The maximum Gasteiger partial charge on any atom is 0.290 e. The number of imidazole rings is 1. The Labute approximate surface area is 128 Å². The van der Waals surface area contributed by atoms with E-state index < -0.39 is 5.91 Å². The molecule has 0 saturated heterocycles. The first kappa shape index (κ1) is 15.9. The van der Waals surface area contributed by atoms with Gasteiger partial charge in [-0.25, -0.2) is 15.0 Å². The fourth-order valence-corrected chi connectivity index (χ4v) is 2.32. The second-order valence-corrected chi connectivity index (χ2v) is 5.04. The van der Waals surface area contributed by atoms with E-state index in [9.17, 15) is 9.59 Å². The maximum absolute atomic E-state index is 12.1. The molecule has 0 aliphatic heterocycles. The average molecular weight is 304 g/mol. The van der Waals surface area contributed by atoms with Gasteiger partial charge in [0.1, 0.15) is 11.8 Å². The van der Waals surface area contributed by atoms with Crippen molar-refractivity contribution < 1.29 is 9.59 Å². The Morgan fingerprint density at radius 3 is 2.55 bits per heavy atom. The van der Waals surface area contributed by atoms with Crippen LogP contribution in [0.15, 0.2) is 12.7 Å². The van der Waals surface area contributed by atoms with Crippen molar-refractivity contribution >= 4 is 23.0 Å². The Kier molecular flexibility index (Phi) is 5.40. The first-order valence-corrected chi connectivity index (χ1v) is 7.41. The van der Waals surface area contributed by atoms with Gasteiger partial charge < -0.3 is 4.98 Å². The molecule has 0 atom stereocenters. The molecule has 2 heterocycles. The number of hydrogen-bond acceptors (Lipinski definition) is 5. The molecule has 0 aromatic carbocycles. The van der Waals surface area contributed by atoms with Crippen LogP contribution in [-0.2, 0) is 4.79 Å². The summed E-state index contributed by atoms with van der Waals surface area (Å²) in [5, 5.41) is 0. The van der Waals surface area contributed by atoms with Crippen molar-refractivity contribution in [2.24, 2.45) is 5.92 Å². The Morgan fingerprint density at radius 1 is 1.14 bits per heavy atom. The van der Waals surface area contributed by atoms with Crippen molar-refractivity contribution in [3.63, 3.8) is 0 Å². The third-order valence-corrected chi connectivity index (χ3v) is 3.38. The summed E-state index contributed by atoms with van der Waals surface area (Å²) in [5.74, 6) is -0.767. The van der Waals surface area contributed by atoms with Crippen LogP contribution in [-0.4, -0.2) is 31.8 Å². The Bertz CT molecular complexity index is 648. The van der Waals surface area contributed by atoms with Gasteiger partial charge in [-0.05, 0) is 12.8 Å². The number of fused-ring (bicyclic) bond motifs is 1. The van der Waals surface area contributed by atoms with Crippen molar-refractivity contribution in [3.8, 4) is 0 Å². The third-order valence-electron chi connectivity index (χ3n) is 3.38. The van der Waals surface area contributed by atoms with Crippen LogP contribution in [0.2, 0.25) is 0 Å². The number of amides is 2. The lowest BCUT2D eigenvalue weighted by Crippen LogP contribution is -2.44. The van der Waals surface area contributed by atoms with Gasteiger partial charge in [0.25, 0.3) is 5.91 Å². The lowest BCUT2D eigenvalue weighted by atomic mass is 9.98. The zero-order valence-corrected chi connectivity index (χ0v) is 12.7. The molecule has 2 rings (SSSR count). The highest BCUT2D eigenvalue weighted by atomic mass is 16.2. The minimum absolute atomic E-state index is 0.0899. The molecule has 2 aromatic rings. The van der Waals surface area contributed by atoms with Crippen molar-refractivity contribution in [2.45, 2.75) is 39.5 Å². The molecule has 118 valence electrons. The fourth-order valence-electron chi connectivity index (χ4n) is 2.32. The quantitative estimate of drug-likeness (QED) is 0.697. The van der Waals surface area contributed by atoms with Crippen LogP contribution < -0.4 is 10.9 Å². The van der Waals surface area contributed by atoms with Crippen LogP contribution >= 0.6 is 0 Å². The van der Waals surface area contributed by atoms with Gasteiger partial charge in [0, 0.05) is 5.92 Å². The van der Waals surface area contributed by atoms with Gasteiger partial charge >= 0.3 is 0 Å². The highest BCUT2D eigenvalue weighted by Gasteiger charge is 2.19. The molecule has 0 saturated carbocycles. The number of carbonyl (C=O) groups is 2. The monoisotopic (exact) mass is 304 g/mol. The maximum atomic E-state index is 12.1. The van der Waals surface area contributed by atoms with E-state index in [0.717, 1.165) is 25.7 Å². The Morgan fingerprint density at radius 2 is 1.86 bits per heavy atom. The van der Waals surface area contributed by atoms with Gasteiger partial charge in [-0.3, -0.25) is 20.4 Å². The predicted octanol–water partition coefficient (Wildman–Crippen LogP) is 1.33. The number of H-pyrrole nitrogens is 1. The van der Waals surface area contributed by atoms with Crippen molar-refractivity contribution in [1.29, 1.82) is 0 Å². The molecule has 0 spiro atoms.